The highest BCUT2D eigenvalue weighted by Gasteiger charge is 2.38. The molecular formula is C22H22F3N5O. The number of piperidine rings is 1. The number of hydrogen-bond donors (Lipinski definition) is 1. The highest BCUT2D eigenvalue weighted by molar-refractivity contribution is 5.94. The summed E-state index contributed by atoms with van der Waals surface area (Å²) in [5, 5.41) is 13.4. The van der Waals surface area contributed by atoms with Gasteiger partial charge in [-0.3, -0.25) is 0 Å². The zero-order valence-corrected chi connectivity index (χ0v) is 17.2. The molecule has 0 spiro atoms. The number of halogens is 3. The fraction of sp³-hybridized carbons (Fsp3) is 0.409. The predicted octanol–water partition coefficient (Wildman–Crippen LogP) is 4.25. The van der Waals surface area contributed by atoms with Crippen LogP contribution in [0.2, 0.25) is 0 Å². The molecule has 162 valence electrons. The first-order valence-corrected chi connectivity index (χ1v) is 10.2. The van der Waals surface area contributed by atoms with Crippen molar-refractivity contribution in [2.24, 2.45) is 0 Å². The Labute approximate surface area is 177 Å². The van der Waals surface area contributed by atoms with Gasteiger partial charge in [0.1, 0.15) is 5.82 Å². The number of morpholine rings is 1. The van der Waals surface area contributed by atoms with E-state index in [-0.39, 0.29) is 24.3 Å². The number of nitrogens with one attached hydrogen (secondary N) is 1. The van der Waals surface area contributed by atoms with Crippen molar-refractivity contribution in [2.45, 2.75) is 45.2 Å². The normalized spacial score (nSPS) is 20.6. The van der Waals surface area contributed by atoms with Gasteiger partial charge in [-0.15, -0.1) is 5.10 Å². The minimum atomic E-state index is -4.38. The van der Waals surface area contributed by atoms with Crippen LogP contribution in [-0.2, 0) is 17.5 Å². The minimum absolute atomic E-state index is 0.210. The Morgan fingerprint density at radius 2 is 1.87 bits per heavy atom. The zero-order valence-electron chi connectivity index (χ0n) is 17.2. The third-order valence-electron chi connectivity index (χ3n) is 6.11. The highest BCUT2D eigenvalue weighted by atomic mass is 19.4. The molecule has 1 aromatic carbocycles. The molecule has 2 bridgehead atoms. The van der Waals surface area contributed by atoms with Crippen LogP contribution in [0.3, 0.4) is 0 Å². The Balaban J connectivity index is 1.45. The van der Waals surface area contributed by atoms with Gasteiger partial charge in [-0.25, -0.2) is 4.98 Å². The second-order valence-corrected chi connectivity index (χ2v) is 8.18. The Bertz CT molecular complexity index is 1130. The second-order valence-electron chi connectivity index (χ2n) is 8.18. The molecule has 1 N–H and O–H groups in total. The molecular weight excluding hydrogens is 407 g/mol. The summed E-state index contributed by atoms with van der Waals surface area (Å²) in [7, 11) is 0. The first-order valence-electron chi connectivity index (χ1n) is 10.2. The van der Waals surface area contributed by atoms with Crippen molar-refractivity contribution in [2.75, 3.05) is 23.3 Å². The maximum atomic E-state index is 13.2. The lowest BCUT2D eigenvalue weighted by Gasteiger charge is -2.47. The molecule has 3 fully saturated rings. The van der Waals surface area contributed by atoms with E-state index in [2.05, 4.69) is 25.4 Å². The molecule has 3 aromatic rings. The molecule has 3 aliphatic rings. The van der Waals surface area contributed by atoms with E-state index in [0.717, 1.165) is 47.9 Å². The molecule has 6 nitrogen and oxygen atoms in total. The molecule has 2 unspecified atom stereocenters. The number of aromatic nitrogens is 3. The van der Waals surface area contributed by atoms with Crippen molar-refractivity contribution in [3.63, 3.8) is 0 Å². The molecule has 3 saturated heterocycles. The van der Waals surface area contributed by atoms with Gasteiger partial charge in [0.25, 0.3) is 0 Å². The number of rotatable bonds is 4. The maximum absolute atomic E-state index is 13.2. The van der Waals surface area contributed by atoms with E-state index in [1.54, 1.807) is 12.3 Å². The van der Waals surface area contributed by atoms with Crippen molar-refractivity contribution >= 4 is 22.4 Å². The van der Waals surface area contributed by atoms with Crippen LogP contribution in [0, 0.1) is 13.8 Å². The Hall–Kier alpha value is -2.94. The first kappa shape index (κ1) is 20.0. The number of pyridine rings is 1. The SMILES string of the molecule is Cc1c(CNc2nnc(C)c3cnc(N4CC5CC(C4)O5)cc23)cccc1C(F)(F)F. The Morgan fingerprint density at radius 1 is 1.13 bits per heavy atom. The number of aryl methyl sites for hydroxylation is 1. The zero-order chi connectivity index (χ0) is 21.8. The molecule has 0 aliphatic carbocycles. The number of fused-ring (bicyclic) bond motifs is 3. The van der Waals surface area contributed by atoms with Gasteiger partial charge in [0, 0.05) is 43.0 Å². The third-order valence-corrected chi connectivity index (χ3v) is 6.11. The summed E-state index contributed by atoms with van der Waals surface area (Å²) >= 11 is 0. The molecule has 2 atom stereocenters. The molecule has 0 saturated carbocycles. The van der Waals surface area contributed by atoms with Crippen LogP contribution in [0.25, 0.3) is 10.8 Å². The van der Waals surface area contributed by atoms with Gasteiger partial charge in [-0.05, 0) is 37.1 Å². The second kappa shape index (κ2) is 7.33. The fourth-order valence-corrected chi connectivity index (χ4v) is 4.37. The maximum Gasteiger partial charge on any atom is 0.416 e. The molecule has 9 heteroatoms. The van der Waals surface area contributed by atoms with Gasteiger partial charge in [0.05, 0.1) is 23.5 Å². The molecule has 5 heterocycles. The van der Waals surface area contributed by atoms with Gasteiger partial charge in [0.2, 0.25) is 0 Å². The van der Waals surface area contributed by atoms with E-state index in [4.69, 9.17) is 4.74 Å². The van der Waals surface area contributed by atoms with Crippen LogP contribution >= 0.6 is 0 Å². The predicted molar refractivity (Wildman–Crippen MR) is 111 cm³/mol. The summed E-state index contributed by atoms with van der Waals surface area (Å²) in [6.45, 7) is 5.17. The smallest absolute Gasteiger partial charge is 0.371 e. The van der Waals surface area contributed by atoms with Gasteiger partial charge < -0.3 is 15.0 Å². The van der Waals surface area contributed by atoms with E-state index < -0.39 is 11.7 Å². The number of ether oxygens (including phenoxy) is 1. The summed E-state index contributed by atoms with van der Waals surface area (Å²) < 4.78 is 45.4. The summed E-state index contributed by atoms with van der Waals surface area (Å²) in [5.41, 5.74) is 0.901. The molecule has 3 aliphatic heterocycles. The Morgan fingerprint density at radius 3 is 2.58 bits per heavy atom. The van der Waals surface area contributed by atoms with E-state index in [1.807, 2.05) is 13.0 Å². The van der Waals surface area contributed by atoms with Gasteiger partial charge in [-0.1, -0.05) is 12.1 Å². The lowest BCUT2D eigenvalue weighted by molar-refractivity contribution is -0.138. The first-order chi connectivity index (χ1) is 14.8. The minimum Gasteiger partial charge on any atom is -0.371 e. The average molecular weight is 429 g/mol. The van der Waals surface area contributed by atoms with Gasteiger partial charge >= 0.3 is 6.18 Å². The van der Waals surface area contributed by atoms with Crippen molar-refractivity contribution in [1.82, 2.24) is 15.2 Å². The van der Waals surface area contributed by atoms with Crippen LogP contribution < -0.4 is 10.2 Å². The van der Waals surface area contributed by atoms with Crippen LogP contribution in [0.4, 0.5) is 24.8 Å². The Kier molecular flexibility index (Phi) is 4.73. The third kappa shape index (κ3) is 3.67. The summed E-state index contributed by atoms with van der Waals surface area (Å²) in [6, 6.07) is 6.19. The van der Waals surface area contributed by atoms with Crippen molar-refractivity contribution in [1.29, 1.82) is 0 Å². The fourth-order valence-electron chi connectivity index (χ4n) is 4.37. The summed E-state index contributed by atoms with van der Waals surface area (Å²) in [6.07, 6.45) is -0.977. The van der Waals surface area contributed by atoms with Crippen LogP contribution in [0.15, 0.2) is 30.5 Å². The summed E-state index contributed by atoms with van der Waals surface area (Å²) in [4.78, 5) is 6.81. The largest absolute Gasteiger partial charge is 0.416 e. The van der Waals surface area contributed by atoms with Crippen molar-refractivity contribution in [3.05, 3.63) is 52.8 Å². The standard InChI is InChI=1S/C22H22F3N5O/c1-12-14(4-3-5-19(12)22(23,24)25)8-27-21-17-7-20(26-9-18(17)13(2)28-29-21)30-10-15-6-16(11-30)31-15/h3-5,7,9,15-16H,6,8,10-11H2,1-2H3,(H,27,29). The quantitative estimate of drug-likeness (QED) is 0.669. The van der Waals surface area contributed by atoms with Crippen LogP contribution in [0.5, 0.6) is 0 Å². The number of alkyl halides is 3. The van der Waals surface area contributed by atoms with E-state index >= 15 is 0 Å². The van der Waals surface area contributed by atoms with E-state index in [9.17, 15) is 13.2 Å². The molecule has 2 aromatic heterocycles. The number of anilines is 2. The average Bonchev–Trinajstić information content (AvgIpc) is 2.73. The van der Waals surface area contributed by atoms with E-state index in [1.165, 1.54) is 13.0 Å². The molecule has 6 rings (SSSR count). The number of benzene rings is 1. The van der Waals surface area contributed by atoms with Crippen LogP contribution in [0.1, 0.15) is 28.8 Å². The lowest BCUT2D eigenvalue weighted by Crippen LogP contribution is -2.57. The van der Waals surface area contributed by atoms with Crippen molar-refractivity contribution in [3.8, 4) is 0 Å². The van der Waals surface area contributed by atoms with E-state index in [0.29, 0.717) is 11.4 Å². The topological polar surface area (TPSA) is 63.2 Å². The van der Waals surface area contributed by atoms with Gasteiger partial charge in [-0.2, -0.15) is 18.3 Å². The van der Waals surface area contributed by atoms with Gasteiger partial charge in [0.15, 0.2) is 5.82 Å². The lowest BCUT2D eigenvalue weighted by atomic mass is 9.99. The highest BCUT2D eigenvalue weighted by Crippen LogP contribution is 2.34. The number of nitrogens with zero attached hydrogens (tertiary/aromatic N) is 4. The molecule has 0 radical (unpaired) electrons. The number of hydrogen-bond acceptors (Lipinski definition) is 6. The monoisotopic (exact) mass is 429 g/mol. The van der Waals surface area contributed by atoms with Crippen molar-refractivity contribution < 1.29 is 17.9 Å². The van der Waals surface area contributed by atoms with Crippen LogP contribution in [-0.4, -0.2) is 40.5 Å². The summed E-state index contributed by atoms with van der Waals surface area (Å²) in [5.74, 6) is 1.37. The molecule has 31 heavy (non-hydrogen) atoms. The molecule has 0 amide bonds.